The van der Waals surface area contributed by atoms with Crippen LogP contribution in [0.3, 0.4) is 0 Å². The van der Waals surface area contributed by atoms with Crippen LogP contribution in [0.5, 0.6) is 0 Å². The SMILES string of the molecule is NOC(=O)C1(C(=O)ON)CCOCC1.[Pt]. The molecule has 1 fully saturated rings. The van der Waals surface area contributed by atoms with Crippen LogP contribution in [0.2, 0.25) is 0 Å². The largest absolute Gasteiger partial charge is 0.381 e. The molecule has 0 unspecified atom stereocenters. The van der Waals surface area contributed by atoms with Crippen molar-refractivity contribution in [3.05, 3.63) is 0 Å². The van der Waals surface area contributed by atoms with Gasteiger partial charge in [0.25, 0.3) is 0 Å². The van der Waals surface area contributed by atoms with E-state index in [4.69, 9.17) is 16.5 Å². The van der Waals surface area contributed by atoms with Crippen molar-refractivity contribution in [3.8, 4) is 0 Å². The van der Waals surface area contributed by atoms with Crippen molar-refractivity contribution in [1.29, 1.82) is 0 Å². The van der Waals surface area contributed by atoms with Crippen LogP contribution < -0.4 is 11.8 Å². The maximum atomic E-state index is 11.3. The van der Waals surface area contributed by atoms with Crippen LogP contribution in [0.15, 0.2) is 0 Å². The van der Waals surface area contributed by atoms with E-state index in [1.165, 1.54) is 0 Å². The van der Waals surface area contributed by atoms with E-state index in [0.29, 0.717) is 0 Å². The number of carbonyl (C=O) groups excluding carboxylic acids is 2. The molecule has 90 valence electrons. The topological polar surface area (TPSA) is 114 Å². The number of hydrogen-bond acceptors (Lipinski definition) is 7. The average molecular weight is 399 g/mol. The molecule has 0 atom stereocenters. The maximum absolute atomic E-state index is 11.3. The zero-order valence-corrected chi connectivity index (χ0v) is 10.1. The van der Waals surface area contributed by atoms with E-state index in [0.717, 1.165) is 0 Å². The van der Waals surface area contributed by atoms with E-state index in [1.54, 1.807) is 0 Å². The van der Waals surface area contributed by atoms with Crippen LogP contribution in [-0.4, -0.2) is 25.2 Å². The van der Waals surface area contributed by atoms with E-state index < -0.39 is 17.4 Å². The molecule has 0 spiro atoms. The minimum Gasteiger partial charge on any atom is -0.381 e. The minimum atomic E-state index is -1.40. The predicted octanol–water partition coefficient (Wildman–Crippen LogP) is -1.39. The van der Waals surface area contributed by atoms with Crippen molar-refractivity contribution in [2.45, 2.75) is 12.8 Å². The van der Waals surface area contributed by atoms with Crippen LogP contribution >= 0.6 is 0 Å². The molecule has 4 N–H and O–H groups in total. The summed E-state index contributed by atoms with van der Waals surface area (Å²) in [6.07, 6.45) is 0.331. The van der Waals surface area contributed by atoms with Gasteiger partial charge in [0.05, 0.1) is 0 Å². The number of rotatable bonds is 2. The molecule has 1 saturated heterocycles. The summed E-state index contributed by atoms with van der Waals surface area (Å²) in [5.74, 6) is 7.81. The zero-order chi connectivity index (χ0) is 10.6. The fraction of sp³-hybridized carbons (Fsp3) is 0.714. The minimum absolute atomic E-state index is 0. The van der Waals surface area contributed by atoms with E-state index in [-0.39, 0.29) is 47.1 Å². The molecule has 1 aliphatic heterocycles. The van der Waals surface area contributed by atoms with E-state index in [1.807, 2.05) is 0 Å². The predicted molar refractivity (Wildman–Crippen MR) is 43.0 cm³/mol. The third-order valence-electron chi connectivity index (χ3n) is 2.34. The van der Waals surface area contributed by atoms with Crippen LogP contribution in [0, 0.1) is 5.41 Å². The van der Waals surface area contributed by atoms with Crippen molar-refractivity contribution in [2.75, 3.05) is 13.2 Å². The monoisotopic (exact) mass is 399 g/mol. The first-order valence-corrected chi connectivity index (χ1v) is 4.07. The third kappa shape index (κ3) is 2.75. The molecule has 8 heteroatoms. The Hall–Kier alpha value is -0.492. The summed E-state index contributed by atoms with van der Waals surface area (Å²) in [7, 11) is 0. The third-order valence-corrected chi connectivity index (χ3v) is 2.34. The fourth-order valence-electron chi connectivity index (χ4n) is 1.44. The van der Waals surface area contributed by atoms with Gasteiger partial charge in [0.1, 0.15) is 0 Å². The number of nitrogens with two attached hydrogens (primary N) is 2. The summed E-state index contributed by atoms with van der Waals surface area (Å²) in [4.78, 5) is 30.8. The van der Waals surface area contributed by atoms with Gasteiger partial charge in [-0.15, -0.1) is 0 Å². The summed E-state index contributed by atoms with van der Waals surface area (Å²) in [5, 5.41) is 0. The van der Waals surface area contributed by atoms with Crippen molar-refractivity contribution < 1.29 is 45.1 Å². The molecule has 15 heavy (non-hydrogen) atoms. The van der Waals surface area contributed by atoms with Crippen molar-refractivity contribution in [2.24, 2.45) is 17.2 Å². The van der Waals surface area contributed by atoms with Gasteiger partial charge in [-0.05, 0) is 12.8 Å². The molecule has 1 rings (SSSR count). The van der Waals surface area contributed by atoms with Gasteiger partial charge in [-0.2, -0.15) is 11.8 Å². The van der Waals surface area contributed by atoms with Crippen molar-refractivity contribution in [3.63, 3.8) is 0 Å². The van der Waals surface area contributed by atoms with Gasteiger partial charge in [0.15, 0.2) is 5.41 Å². The van der Waals surface area contributed by atoms with E-state index in [9.17, 15) is 9.59 Å². The molecule has 0 aliphatic carbocycles. The van der Waals surface area contributed by atoms with Gasteiger partial charge in [-0.1, -0.05) is 0 Å². The van der Waals surface area contributed by atoms with Gasteiger partial charge >= 0.3 is 11.9 Å². The standard InChI is InChI=1S/C7H12N2O5.Pt/c8-13-5(10)7(6(11)14-9)1-3-12-4-2-7;/h1-4,8-9H2;. The van der Waals surface area contributed by atoms with Crippen LogP contribution in [0.25, 0.3) is 0 Å². The van der Waals surface area contributed by atoms with Gasteiger partial charge in [0, 0.05) is 34.3 Å². The first kappa shape index (κ1) is 14.5. The molecular weight excluding hydrogens is 387 g/mol. The molecule has 0 aromatic rings. The molecule has 0 amide bonds. The maximum Gasteiger partial charge on any atom is 0.342 e. The summed E-state index contributed by atoms with van der Waals surface area (Å²) in [6, 6.07) is 0. The molecular formula is C7H12N2O5Pt. The molecule has 0 bridgehead atoms. The van der Waals surface area contributed by atoms with Crippen LogP contribution in [0.1, 0.15) is 12.8 Å². The van der Waals surface area contributed by atoms with E-state index >= 15 is 0 Å². The smallest absolute Gasteiger partial charge is 0.342 e. The Morgan fingerprint density at radius 1 is 1.07 bits per heavy atom. The Kier molecular flexibility index (Phi) is 5.97. The summed E-state index contributed by atoms with van der Waals surface area (Å²) in [6.45, 7) is 0.536. The Morgan fingerprint density at radius 2 is 1.47 bits per heavy atom. The second-order valence-electron chi connectivity index (χ2n) is 3.01. The molecule has 0 aromatic carbocycles. The molecule has 1 aliphatic rings. The molecule has 0 saturated carbocycles. The van der Waals surface area contributed by atoms with Crippen LogP contribution in [0.4, 0.5) is 0 Å². The molecule has 0 radical (unpaired) electrons. The molecule has 0 aromatic heterocycles. The molecule has 1 heterocycles. The fourth-order valence-corrected chi connectivity index (χ4v) is 1.44. The van der Waals surface area contributed by atoms with Crippen molar-refractivity contribution in [1.82, 2.24) is 0 Å². The van der Waals surface area contributed by atoms with Gasteiger partial charge < -0.3 is 14.4 Å². The Bertz CT molecular complexity index is 224. The molecule has 7 nitrogen and oxygen atoms in total. The first-order valence-electron chi connectivity index (χ1n) is 4.07. The summed E-state index contributed by atoms with van der Waals surface area (Å²) < 4.78 is 5.02. The second-order valence-corrected chi connectivity index (χ2v) is 3.01. The van der Waals surface area contributed by atoms with E-state index in [2.05, 4.69) is 9.68 Å². The van der Waals surface area contributed by atoms with Crippen molar-refractivity contribution >= 4 is 11.9 Å². The Labute approximate surface area is 101 Å². The zero-order valence-electron chi connectivity index (χ0n) is 7.84. The number of hydrogen-bond donors (Lipinski definition) is 2. The number of carbonyl (C=O) groups is 2. The van der Waals surface area contributed by atoms with Gasteiger partial charge in [-0.3, -0.25) is 0 Å². The first-order chi connectivity index (χ1) is 6.67. The van der Waals surface area contributed by atoms with Gasteiger partial charge in [0.2, 0.25) is 0 Å². The summed E-state index contributed by atoms with van der Waals surface area (Å²) in [5.41, 5.74) is -1.40. The average Bonchev–Trinajstić information content (AvgIpc) is 2.27. The van der Waals surface area contributed by atoms with Gasteiger partial charge in [-0.25, -0.2) is 9.59 Å². The van der Waals surface area contributed by atoms with Crippen LogP contribution in [-0.2, 0) is 45.1 Å². The quantitative estimate of drug-likeness (QED) is 0.434. The number of ether oxygens (including phenoxy) is 1. The normalized spacial score (nSPS) is 18.5. The Morgan fingerprint density at radius 3 is 1.80 bits per heavy atom. The second kappa shape index (κ2) is 6.17. The Balaban J connectivity index is 0.00000196. The summed E-state index contributed by atoms with van der Waals surface area (Å²) >= 11 is 0.